The zero-order valence-corrected chi connectivity index (χ0v) is 11.5. The quantitative estimate of drug-likeness (QED) is 0.830. The van der Waals surface area contributed by atoms with E-state index in [4.69, 9.17) is 10.5 Å². The molecule has 1 amide bonds. The molecule has 0 heterocycles. The highest BCUT2D eigenvalue weighted by molar-refractivity contribution is 5.79. The Labute approximate surface area is 109 Å². The molecule has 18 heavy (non-hydrogen) atoms. The molecule has 3 N–H and O–H groups in total. The van der Waals surface area contributed by atoms with E-state index in [2.05, 4.69) is 5.32 Å². The van der Waals surface area contributed by atoms with Crippen LogP contribution in [0.3, 0.4) is 0 Å². The van der Waals surface area contributed by atoms with Crippen LogP contribution in [-0.2, 0) is 11.2 Å². The van der Waals surface area contributed by atoms with E-state index in [0.717, 1.165) is 16.9 Å². The number of hydrogen-bond donors (Lipinski definition) is 2. The molecule has 0 fully saturated rings. The Kier molecular flexibility index (Phi) is 4.73. The van der Waals surface area contributed by atoms with E-state index in [1.165, 1.54) is 0 Å². The number of benzene rings is 1. The molecule has 0 radical (unpaired) electrons. The minimum atomic E-state index is -0.396. The predicted octanol–water partition coefficient (Wildman–Crippen LogP) is 1.40. The Hall–Kier alpha value is -1.55. The van der Waals surface area contributed by atoms with Gasteiger partial charge < -0.3 is 15.8 Å². The smallest absolute Gasteiger partial charge is 0.224 e. The van der Waals surface area contributed by atoms with Gasteiger partial charge >= 0.3 is 0 Å². The SMILES string of the molecule is COc1ccc(C)cc1CC(=O)NCC(C)(C)N. The number of carbonyl (C=O) groups excluding carboxylic acids is 1. The first-order valence-corrected chi connectivity index (χ1v) is 6.01. The van der Waals surface area contributed by atoms with Gasteiger partial charge in [-0.15, -0.1) is 0 Å². The fourth-order valence-corrected chi connectivity index (χ4v) is 1.61. The molecule has 0 aliphatic heterocycles. The molecule has 0 aliphatic carbocycles. The van der Waals surface area contributed by atoms with Crippen LogP contribution in [0.5, 0.6) is 5.75 Å². The molecule has 4 heteroatoms. The minimum absolute atomic E-state index is 0.0441. The molecule has 4 nitrogen and oxygen atoms in total. The summed E-state index contributed by atoms with van der Waals surface area (Å²) in [6.45, 7) is 6.20. The first-order valence-electron chi connectivity index (χ1n) is 6.01. The zero-order chi connectivity index (χ0) is 13.8. The summed E-state index contributed by atoms with van der Waals surface area (Å²) in [4.78, 5) is 11.8. The van der Waals surface area contributed by atoms with Gasteiger partial charge in [-0.2, -0.15) is 0 Å². The van der Waals surface area contributed by atoms with E-state index in [-0.39, 0.29) is 5.91 Å². The molecule has 1 rings (SSSR count). The maximum Gasteiger partial charge on any atom is 0.224 e. The molecule has 1 aromatic rings. The second-order valence-electron chi connectivity index (χ2n) is 5.26. The fourth-order valence-electron chi connectivity index (χ4n) is 1.61. The highest BCUT2D eigenvalue weighted by atomic mass is 16.5. The highest BCUT2D eigenvalue weighted by Crippen LogP contribution is 2.20. The summed E-state index contributed by atoms with van der Waals surface area (Å²) in [5.74, 6) is 0.695. The van der Waals surface area contributed by atoms with Crippen LogP contribution in [0, 0.1) is 6.92 Å². The number of ether oxygens (including phenoxy) is 1. The van der Waals surface area contributed by atoms with Crippen LogP contribution in [0.4, 0.5) is 0 Å². The molecule has 0 aromatic heterocycles. The van der Waals surface area contributed by atoms with Crippen molar-refractivity contribution in [3.63, 3.8) is 0 Å². The maximum atomic E-state index is 11.8. The van der Waals surface area contributed by atoms with Gasteiger partial charge in [-0.3, -0.25) is 4.79 Å². The molecule has 0 atom stereocenters. The molecular weight excluding hydrogens is 228 g/mol. The molecule has 0 unspecified atom stereocenters. The van der Waals surface area contributed by atoms with Crippen molar-refractivity contribution in [2.45, 2.75) is 32.7 Å². The predicted molar refractivity (Wildman–Crippen MR) is 72.7 cm³/mol. The van der Waals surface area contributed by atoms with Crippen LogP contribution in [0.1, 0.15) is 25.0 Å². The van der Waals surface area contributed by atoms with Crippen LogP contribution in [0.15, 0.2) is 18.2 Å². The van der Waals surface area contributed by atoms with Crippen LogP contribution < -0.4 is 15.8 Å². The number of nitrogens with one attached hydrogen (secondary N) is 1. The van der Waals surface area contributed by atoms with E-state index in [9.17, 15) is 4.79 Å². The Balaban J connectivity index is 2.66. The van der Waals surface area contributed by atoms with E-state index in [1.54, 1.807) is 7.11 Å². The Bertz CT molecular complexity index is 422. The highest BCUT2D eigenvalue weighted by Gasteiger charge is 2.14. The first kappa shape index (κ1) is 14.5. The van der Waals surface area contributed by atoms with Crippen LogP contribution in [0.25, 0.3) is 0 Å². The van der Waals surface area contributed by atoms with Crippen molar-refractivity contribution in [2.75, 3.05) is 13.7 Å². The number of amides is 1. The normalized spacial score (nSPS) is 11.2. The number of rotatable bonds is 5. The summed E-state index contributed by atoms with van der Waals surface area (Å²) >= 11 is 0. The molecule has 100 valence electrons. The third-order valence-electron chi connectivity index (χ3n) is 2.53. The zero-order valence-electron chi connectivity index (χ0n) is 11.5. The minimum Gasteiger partial charge on any atom is -0.496 e. The second kappa shape index (κ2) is 5.87. The van der Waals surface area contributed by atoms with Crippen molar-refractivity contribution in [3.8, 4) is 5.75 Å². The Morgan fingerprint density at radius 3 is 2.67 bits per heavy atom. The Morgan fingerprint density at radius 2 is 2.11 bits per heavy atom. The van der Waals surface area contributed by atoms with Crippen molar-refractivity contribution < 1.29 is 9.53 Å². The summed E-state index contributed by atoms with van der Waals surface area (Å²) in [5, 5.41) is 2.82. The van der Waals surface area contributed by atoms with Crippen LogP contribution in [0.2, 0.25) is 0 Å². The standard InChI is InChI=1S/C14H22N2O2/c1-10-5-6-12(18-4)11(7-10)8-13(17)16-9-14(2,3)15/h5-7H,8-9,15H2,1-4H3,(H,16,17). The first-order chi connectivity index (χ1) is 8.31. The van der Waals surface area contributed by atoms with Crippen molar-refractivity contribution in [3.05, 3.63) is 29.3 Å². The van der Waals surface area contributed by atoms with Gasteiger partial charge in [0, 0.05) is 17.6 Å². The van der Waals surface area contributed by atoms with Gasteiger partial charge in [0.15, 0.2) is 0 Å². The van der Waals surface area contributed by atoms with Gasteiger partial charge in [0.2, 0.25) is 5.91 Å². The number of hydrogen-bond acceptors (Lipinski definition) is 3. The van der Waals surface area contributed by atoms with Crippen LogP contribution >= 0.6 is 0 Å². The molecule has 0 saturated heterocycles. The number of aryl methyl sites for hydroxylation is 1. The van der Waals surface area contributed by atoms with Crippen LogP contribution in [-0.4, -0.2) is 25.1 Å². The van der Waals surface area contributed by atoms with Crippen molar-refractivity contribution in [1.82, 2.24) is 5.32 Å². The number of nitrogens with two attached hydrogens (primary N) is 1. The third kappa shape index (κ3) is 4.75. The molecule has 1 aromatic carbocycles. The third-order valence-corrected chi connectivity index (χ3v) is 2.53. The van der Waals surface area contributed by atoms with Crippen molar-refractivity contribution in [1.29, 1.82) is 0 Å². The molecular formula is C14H22N2O2. The van der Waals surface area contributed by atoms with E-state index >= 15 is 0 Å². The van der Waals surface area contributed by atoms with Gasteiger partial charge in [-0.05, 0) is 26.8 Å². The average Bonchev–Trinajstić information content (AvgIpc) is 2.26. The summed E-state index contributed by atoms with van der Waals surface area (Å²) in [6.07, 6.45) is 0.306. The Morgan fingerprint density at radius 1 is 1.44 bits per heavy atom. The van der Waals surface area contributed by atoms with Gasteiger partial charge in [-0.25, -0.2) is 0 Å². The molecule has 0 aliphatic rings. The summed E-state index contributed by atoms with van der Waals surface area (Å²) in [5.41, 5.74) is 7.42. The van der Waals surface area contributed by atoms with Gasteiger partial charge in [0.05, 0.1) is 13.5 Å². The molecule has 0 saturated carbocycles. The van der Waals surface area contributed by atoms with Crippen molar-refractivity contribution in [2.24, 2.45) is 5.73 Å². The monoisotopic (exact) mass is 250 g/mol. The number of methoxy groups -OCH3 is 1. The van der Waals surface area contributed by atoms with Gasteiger partial charge in [0.25, 0.3) is 0 Å². The lowest BCUT2D eigenvalue weighted by Crippen LogP contribution is -2.45. The maximum absolute atomic E-state index is 11.8. The molecule has 0 spiro atoms. The van der Waals surface area contributed by atoms with E-state index < -0.39 is 5.54 Å². The molecule has 0 bridgehead atoms. The second-order valence-corrected chi connectivity index (χ2v) is 5.26. The van der Waals surface area contributed by atoms with E-state index in [1.807, 2.05) is 39.0 Å². The van der Waals surface area contributed by atoms with Gasteiger partial charge in [-0.1, -0.05) is 17.7 Å². The fraction of sp³-hybridized carbons (Fsp3) is 0.500. The average molecular weight is 250 g/mol. The van der Waals surface area contributed by atoms with Crippen molar-refractivity contribution >= 4 is 5.91 Å². The topological polar surface area (TPSA) is 64.3 Å². The summed E-state index contributed by atoms with van der Waals surface area (Å²) in [6, 6.07) is 5.81. The summed E-state index contributed by atoms with van der Waals surface area (Å²) < 4.78 is 5.24. The van der Waals surface area contributed by atoms with E-state index in [0.29, 0.717) is 13.0 Å². The van der Waals surface area contributed by atoms with Gasteiger partial charge in [0.1, 0.15) is 5.75 Å². The lowest BCUT2D eigenvalue weighted by molar-refractivity contribution is -0.120. The lowest BCUT2D eigenvalue weighted by atomic mass is 10.1. The number of carbonyl (C=O) groups is 1. The summed E-state index contributed by atoms with van der Waals surface area (Å²) in [7, 11) is 1.61. The lowest BCUT2D eigenvalue weighted by Gasteiger charge is -2.19. The largest absolute Gasteiger partial charge is 0.496 e.